The number of likely N-dealkylation sites (tertiary alicyclic amines) is 1. The van der Waals surface area contributed by atoms with Gasteiger partial charge in [0.25, 0.3) is 0 Å². The van der Waals surface area contributed by atoms with Crippen LogP contribution in [0, 0.1) is 23.2 Å². The molecule has 3 heterocycles. The molecule has 9 atom stereocenters. The molecule has 0 bridgehead atoms. The van der Waals surface area contributed by atoms with Crippen molar-refractivity contribution in [3.05, 3.63) is 0 Å². The molecule has 0 aromatic carbocycles. The molecular formula is C34H62N4O8. The lowest BCUT2D eigenvalue weighted by Crippen LogP contribution is -2.60. The van der Waals surface area contributed by atoms with Crippen molar-refractivity contribution in [2.24, 2.45) is 23.2 Å². The molecule has 3 aliphatic rings. The summed E-state index contributed by atoms with van der Waals surface area (Å²) in [5, 5.41) is 11.3. The zero-order valence-corrected chi connectivity index (χ0v) is 30.4. The van der Waals surface area contributed by atoms with Gasteiger partial charge in [-0.05, 0) is 81.7 Å². The lowest BCUT2D eigenvalue weighted by atomic mass is 9.74. The summed E-state index contributed by atoms with van der Waals surface area (Å²) in [6.07, 6.45) is -1.27. The number of aliphatic hydroxyl groups is 1. The number of esters is 1. The Bertz CT molecular complexity index is 1050. The zero-order chi connectivity index (χ0) is 34.7. The van der Waals surface area contributed by atoms with E-state index < -0.39 is 41.4 Å². The van der Waals surface area contributed by atoms with Gasteiger partial charge in [0.05, 0.1) is 17.8 Å². The molecule has 1 N–H and O–H groups in total. The van der Waals surface area contributed by atoms with Gasteiger partial charge in [-0.15, -0.1) is 0 Å². The van der Waals surface area contributed by atoms with Crippen LogP contribution in [-0.4, -0.2) is 160 Å². The molecule has 0 saturated carbocycles. The van der Waals surface area contributed by atoms with E-state index in [0.717, 1.165) is 0 Å². The summed E-state index contributed by atoms with van der Waals surface area (Å²) in [6, 6.07) is -0.311. The number of nitrogens with zero attached hydrogens (tertiary/aromatic N) is 4. The first-order chi connectivity index (χ1) is 21.3. The van der Waals surface area contributed by atoms with Gasteiger partial charge in [-0.25, -0.2) is 0 Å². The van der Waals surface area contributed by atoms with Crippen molar-refractivity contribution in [2.45, 2.75) is 103 Å². The Morgan fingerprint density at radius 3 is 2.26 bits per heavy atom. The van der Waals surface area contributed by atoms with Gasteiger partial charge in [0.2, 0.25) is 5.91 Å². The number of Topliss-reactive ketones (excluding diaryl/α,β-unsaturated/α-hetero) is 1. The largest absolute Gasteiger partial charge is 0.463 e. The summed E-state index contributed by atoms with van der Waals surface area (Å²) in [6.45, 7) is 13.7. The van der Waals surface area contributed by atoms with Crippen LogP contribution in [0.2, 0.25) is 0 Å². The maximum atomic E-state index is 14.2. The monoisotopic (exact) mass is 654 g/mol. The third kappa shape index (κ3) is 8.86. The molecule has 1 amide bonds. The summed E-state index contributed by atoms with van der Waals surface area (Å²) in [5.41, 5.74) is -2.42. The van der Waals surface area contributed by atoms with Crippen molar-refractivity contribution in [1.82, 2.24) is 19.6 Å². The number of aliphatic hydroxyl groups excluding tert-OH is 1. The molecule has 0 aromatic heterocycles. The third-order valence-corrected chi connectivity index (χ3v) is 10.5. The second-order valence-electron chi connectivity index (χ2n) is 15.5. The highest BCUT2D eigenvalue weighted by atomic mass is 16.7. The van der Waals surface area contributed by atoms with Crippen molar-refractivity contribution in [3.8, 4) is 0 Å². The van der Waals surface area contributed by atoms with E-state index in [0.29, 0.717) is 45.4 Å². The Labute approximate surface area is 277 Å². The number of likely N-dealkylation sites (N-methyl/N-ethyl adjacent to an activating group) is 2. The maximum Gasteiger partial charge on any atom is 0.319 e. The first-order valence-corrected chi connectivity index (χ1v) is 16.9. The number of carbonyl (C=O) groups is 3. The molecule has 46 heavy (non-hydrogen) atoms. The summed E-state index contributed by atoms with van der Waals surface area (Å²) in [4.78, 5) is 48.6. The molecule has 3 saturated heterocycles. The molecule has 3 fully saturated rings. The minimum atomic E-state index is -1.46. The summed E-state index contributed by atoms with van der Waals surface area (Å²) in [7, 11) is 11.4. The van der Waals surface area contributed by atoms with E-state index in [1.54, 1.807) is 27.9 Å². The Morgan fingerprint density at radius 2 is 1.70 bits per heavy atom. The van der Waals surface area contributed by atoms with Crippen LogP contribution < -0.4 is 0 Å². The van der Waals surface area contributed by atoms with Crippen LogP contribution in [0.15, 0.2) is 0 Å². The molecular weight excluding hydrogens is 592 g/mol. The molecule has 0 radical (unpaired) electrons. The molecule has 266 valence electrons. The molecule has 0 aliphatic carbocycles. The number of ketones is 1. The minimum Gasteiger partial charge on any atom is -0.463 e. The topological polar surface area (TPSA) is 121 Å². The Morgan fingerprint density at radius 1 is 1.07 bits per heavy atom. The quantitative estimate of drug-likeness (QED) is 0.304. The van der Waals surface area contributed by atoms with Crippen molar-refractivity contribution in [2.75, 3.05) is 75.1 Å². The van der Waals surface area contributed by atoms with E-state index in [9.17, 15) is 19.5 Å². The SMILES string of the molecule is CO[C@]1(C)C[C@@H](C)CN(C)[C@H](C2CN(C(=O)CCN(C)C)C2)COC(=O)C(C)(C)C(=O)[C@H](C)[C@H]1O[C@@H]1O[C@H](C)C[C@H](N(C)C)[C@H]1O. The first-order valence-electron chi connectivity index (χ1n) is 16.9. The van der Waals surface area contributed by atoms with Gasteiger partial charge < -0.3 is 38.8 Å². The number of cyclic esters (lactones) is 1. The van der Waals surface area contributed by atoms with Crippen molar-refractivity contribution in [3.63, 3.8) is 0 Å². The van der Waals surface area contributed by atoms with Gasteiger partial charge >= 0.3 is 5.97 Å². The number of methoxy groups -OCH3 is 1. The average Bonchev–Trinajstić information content (AvgIpc) is 2.95. The van der Waals surface area contributed by atoms with E-state index in [4.69, 9.17) is 18.9 Å². The molecule has 0 unspecified atom stereocenters. The Hall–Kier alpha value is -1.67. The van der Waals surface area contributed by atoms with Gasteiger partial charge in [0.1, 0.15) is 18.1 Å². The number of hydrogen-bond acceptors (Lipinski definition) is 11. The fourth-order valence-electron chi connectivity index (χ4n) is 7.50. The van der Waals surface area contributed by atoms with Gasteiger partial charge in [0.15, 0.2) is 12.1 Å². The normalized spacial score (nSPS) is 37.3. The summed E-state index contributed by atoms with van der Waals surface area (Å²) >= 11 is 0. The standard InChI is InChI=1S/C34H62N4O8/c1-21-16-34(6,43-12)30(46-31-28(40)25(36(9)10)15-22(2)45-31)23(3)29(41)33(4,5)32(42)44-20-26(37(11)17-21)24-18-38(19-24)27(39)13-14-35(7)8/h21-26,28,30-31,40H,13-20H2,1-12H3/t21-,22-,23+,25+,26+,28-,30-,31+,34-/m1/s1. The smallest absolute Gasteiger partial charge is 0.319 e. The highest BCUT2D eigenvalue weighted by Gasteiger charge is 2.52. The Kier molecular flexibility index (Phi) is 13.2. The fraction of sp³-hybridized carbons (Fsp3) is 0.912. The highest BCUT2D eigenvalue weighted by molar-refractivity contribution is 6.04. The van der Waals surface area contributed by atoms with E-state index in [-0.39, 0.29) is 48.3 Å². The highest BCUT2D eigenvalue weighted by Crippen LogP contribution is 2.38. The second kappa shape index (κ2) is 15.7. The predicted molar refractivity (Wildman–Crippen MR) is 175 cm³/mol. The van der Waals surface area contributed by atoms with Crippen LogP contribution in [0.4, 0.5) is 0 Å². The lowest BCUT2D eigenvalue weighted by Gasteiger charge is -2.47. The van der Waals surface area contributed by atoms with Crippen LogP contribution in [-0.2, 0) is 33.3 Å². The number of ether oxygens (including phenoxy) is 4. The summed E-state index contributed by atoms with van der Waals surface area (Å²) in [5.74, 6) is -1.35. The van der Waals surface area contributed by atoms with E-state index in [1.165, 1.54) is 0 Å². The van der Waals surface area contributed by atoms with Crippen LogP contribution >= 0.6 is 0 Å². The van der Waals surface area contributed by atoms with Gasteiger partial charge in [-0.1, -0.05) is 13.8 Å². The zero-order valence-electron chi connectivity index (χ0n) is 30.4. The average molecular weight is 655 g/mol. The van der Waals surface area contributed by atoms with E-state index in [2.05, 4.69) is 11.8 Å². The van der Waals surface area contributed by atoms with Crippen LogP contribution in [0.25, 0.3) is 0 Å². The molecule has 12 nitrogen and oxygen atoms in total. The van der Waals surface area contributed by atoms with Gasteiger partial charge in [-0.2, -0.15) is 0 Å². The number of rotatable bonds is 8. The predicted octanol–water partition coefficient (Wildman–Crippen LogP) is 1.73. The second-order valence-corrected chi connectivity index (χ2v) is 15.5. The summed E-state index contributed by atoms with van der Waals surface area (Å²) < 4.78 is 24.9. The van der Waals surface area contributed by atoms with Gasteiger partial charge in [-0.3, -0.25) is 19.3 Å². The number of hydrogen-bond donors (Lipinski definition) is 1. The third-order valence-electron chi connectivity index (χ3n) is 10.5. The van der Waals surface area contributed by atoms with Crippen LogP contribution in [0.3, 0.4) is 0 Å². The fourth-order valence-corrected chi connectivity index (χ4v) is 7.50. The molecule has 3 aliphatic heterocycles. The van der Waals surface area contributed by atoms with E-state index in [1.807, 2.05) is 63.8 Å². The number of carbonyl (C=O) groups excluding carboxylic acids is 3. The van der Waals surface area contributed by atoms with Crippen molar-refractivity contribution < 1.29 is 38.4 Å². The Balaban J connectivity index is 1.90. The van der Waals surface area contributed by atoms with Crippen molar-refractivity contribution in [1.29, 1.82) is 0 Å². The van der Waals surface area contributed by atoms with E-state index >= 15 is 0 Å². The molecule has 0 spiro atoms. The minimum absolute atomic E-state index is 0.0962. The number of amides is 1. The first kappa shape index (κ1) is 38.8. The van der Waals surface area contributed by atoms with Crippen LogP contribution in [0.1, 0.15) is 60.8 Å². The maximum absolute atomic E-state index is 14.2. The lowest BCUT2D eigenvalue weighted by molar-refractivity contribution is -0.295. The van der Waals surface area contributed by atoms with Gasteiger partial charge in [0, 0.05) is 63.6 Å². The van der Waals surface area contributed by atoms with Crippen molar-refractivity contribution >= 4 is 17.7 Å². The van der Waals surface area contributed by atoms with Crippen LogP contribution in [0.5, 0.6) is 0 Å². The molecule has 12 heteroatoms. The molecule has 3 rings (SSSR count). The molecule has 0 aromatic rings.